The summed E-state index contributed by atoms with van der Waals surface area (Å²) in [6, 6.07) is 9.18. The highest BCUT2D eigenvalue weighted by molar-refractivity contribution is 5.27. The molecule has 2 aliphatic rings. The topological polar surface area (TPSA) is 30.5 Å². The fourth-order valence-corrected chi connectivity index (χ4v) is 2.38. The summed E-state index contributed by atoms with van der Waals surface area (Å²) in [5, 5.41) is 3.52. The van der Waals surface area contributed by atoms with Crippen LogP contribution in [0.5, 0.6) is 5.75 Å². The molecule has 0 bridgehead atoms. The number of hydrogen-bond acceptors (Lipinski definition) is 3. The highest BCUT2D eigenvalue weighted by atomic mass is 16.5. The van der Waals surface area contributed by atoms with Crippen molar-refractivity contribution in [2.75, 3.05) is 13.2 Å². The lowest BCUT2D eigenvalue weighted by molar-refractivity contribution is -0.0110. The zero-order valence-electron chi connectivity index (χ0n) is 11.4. The van der Waals surface area contributed by atoms with Crippen molar-refractivity contribution < 1.29 is 9.47 Å². The SMILES string of the molecule is c1cc(OCC2CCCCO2)ccc1CNC1CC1. The fourth-order valence-electron chi connectivity index (χ4n) is 2.38. The molecule has 0 aromatic heterocycles. The second-order valence-electron chi connectivity index (χ2n) is 5.60. The van der Waals surface area contributed by atoms with Gasteiger partial charge < -0.3 is 14.8 Å². The number of benzene rings is 1. The van der Waals surface area contributed by atoms with Gasteiger partial charge >= 0.3 is 0 Å². The van der Waals surface area contributed by atoms with Crippen LogP contribution in [0.25, 0.3) is 0 Å². The lowest BCUT2D eigenvalue weighted by atomic mass is 10.1. The minimum absolute atomic E-state index is 0.282. The molecule has 1 saturated carbocycles. The highest BCUT2D eigenvalue weighted by Gasteiger charge is 2.19. The van der Waals surface area contributed by atoms with Gasteiger partial charge in [-0.1, -0.05) is 12.1 Å². The second-order valence-corrected chi connectivity index (χ2v) is 5.60. The van der Waals surface area contributed by atoms with Crippen molar-refractivity contribution in [3.63, 3.8) is 0 Å². The van der Waals surface area contributed by atoms with E-state index in [4.69, 9.17) is 9.47 Å². The van der Waals surface area contributed by atoms with E-state index >= 15 is 0 Å². The highest BCUT2D eigenvalue weighted by Crippen LogP contribution is 2.20. The van der Waals surface area contributed by atoms with Crippen LogP contribution in [0.4, 0.5) is 0 Å². The number of nitrogens with one attached hydrogen (secondary N) is 1. The molecule has 104 valence electrons. The molecule has 0 amide bonds. The molecule has 1 atom stereocenters. The Morgan fingerprint density at radius 3 is 2.63 bits per heavy atom. The molecule has 0 spiro atoms. The average Bonchev–Trinajstić information content (AvgIpc) is 3.29. The van der Waals surface area contributed by atoms with Crippen LogP contribution in [0.1, 0.15) is 37.7 Å². The van der Waals surface area contributed by atoms with E-state index in [1.807, 2.05) is 0 Å². The predicted molar refractivity (Wildman–Crippen MR) is 75.4 cm³/mol. The first kappa shape index (κ1) is 12.9. The van der Waals surface area contributed by atoms with Gasteiger partial charge in [-0.05, 0) is 49.8 Å². The van der Waals surface area contributed by atoms with Crippen molar-refractivity contribution in [2.24, 2.45) is 0 Å². The van der Waals surface area contributed by atoms with Crippen LogP contribution in [0, 0.1) is 0 Å². The summed E-state index contributed by atoms with van der Waals surface area (Å²) >= 11 is 0. The molecule has 3 heteroatoms. The van der Waals surface area contributed by atoms with Crippen molar-refractivity contribution in [2.45, 2.75) is 50.8 Å². The van der Waals surface area contributed by atoms with Gasteiger partial charge in [0.2, 0.25) is 0 Å². The maximum atomic E-state index is 5.79. The number of hydrogen-bond donors (Lipinski definition) is 1. The van der Waals surface area contributed by atoms with Crippen molar-refractivity contribution in [1.82, 2.24) is 5.32 Å². The summed E-state index contributed by atoms with van der Waals surface area (Å²) in [6.07, 6.45) is 6.54. The van der Waals surface area contributed by atoms with E-state index in [0.717, 1.165) is 31.4 Å². The molecular weight excluding hydrogens is 238 g/mol. The molecule has 1 aliphatic heterocycles. The molecule has 0 radical (unpaired) electrons. The molecule has 1 aliphatic carbocycles. The Balaban J connectivity index is 1.42. The van der Waals surface area contributed by atoms with Crippen LogP contribution >= 0.6 is 0 Å². The molecule has 1 N–H and O–H groups in total. The largest absolute Gasteiger partial charge is 0.491 e. The zero-order valence-corrected chi connectivity index (χ0v) is 11.4. The summed E-state index contributed by atoms with van der Waals surface area (Å²) in [5.41, 5.74) is 1.33. The van der Waals surface area contributed by atoms with Gasteiger partial charge in [0.05, 0.1) is 6.10 Å². The second kappa shape index (κ2) is 6.40. The minimum Gasteiger partial charge on any atom is -0.491 e. The first-order valence-corrected chi connectivity index (χ1v) is 7.47. The lowest BCUT2D eigenvalue weighted by Crippen LogP contribution is -2.25. The van der Waals surface area contributed by atoms with Crippen molar-refractivity contribution in [1.29, 1.82) is 0 Å². The molecular formula is C16H23NO2. The molecule has 2 fully saturated rings. The molecule has 3 rings (SSSR count). The fraction of sp³-hybridized carbons (Fsp3) is 0.625. The molecule has 3 nitrogen and oxygen atoms in total. The van der Waals surface area contributed by atoms with Crippen LogP contribution in [0.3, 0.4) is 0 Å². The Kier molecular flexibility index (Phi) is 4.36. The smallest absolute Gasteiger partial charge is 0.119 e. The van der Waals surface area contributed by atoms with Gasteiger partial charge in [0.1, 0.15) is 12.4 Å². The summed E-state index contributed by atoms with van der Waals surface area (Å²) in [4.78, 5) is 0. The third kappa shape index (κ3) is 4.22. The Hall–Kier alpha value is -1.06. The summed E-state index contributed by atoms with van der Waals surface area (Å²) in [5.74, 6) is 0.948. The number of ether oxygens (including phenoxy) is 2. The van der Waals surface area contributed by atoms with E-state index < -0.39 is 0 Å². The van der Waals surface area contributed by atoms with E-state index in [2.05, 4.69) is 29.6 Å². The summed E-state index contributed by atoms with van der Waals surface area (Å²) < 4.78 is 11.5. The summed E-state index contributed by atoms with van der Waals surface area (Å²) in [7, 11) is 0. The third-order valence-corrected chi connectivity index (χ3v) is 3.81. The van der Waals surface area contributed by atoms with Gasteiger partial charge in [0, 0.05) is 19.2 Å². The van der Waals surface area contributed by atoms with E-state index in [1.54, 1.807) is 0 Å². The zero-order chi connectivity index (χ0) is 12.9. The molecule has 1 saturated heterocycles. The quantitative estimate of drug-likeness (QED) is 0.854. The molecule has 19 heavy (non-hydrogen) atoms. The van der Waals surface area contributed by atoms with Crippen LogP contribution in [-0.4, -0.2) is 25.4 Å². The first-order valence-electron chi connectivity index (χ1n) is 7.47. The Labute approximate surface area is 115 Å². The van der Waals surface area contributed by atoms with Crippen LogP contribution in [-0.2, 0) is 11.3 Å². The van der Waals surface area contributed by atoms with Gasteiger partial charge in [-0.2, -0.15) is 0 Å². The Morgan fingerprint density at radius 2 is 1.95 bits per heavy atom. The van der Waals surface area contributed by atoms with E-state index in [1.165, 1.54) is 31.2 Å². The van der Waals surface area contributed by atoms with E-state index in [9.17, 15) is 0 Å². The van der Waals surface area contributed by atoms with Gasteiger partial charge in [-0.3, -0.25) is 0 Å². The van der Waals surface area contributed by atoms with E-state index in [-0.39, 0.29) is 6.10 Å². The van der Waals surface area contributed by atoms with Crippen molar-refractivity contribution in [3.05, 3.63) is 29.8 Å². The van der Waals surface area contributed by atoms with Gasteiger partial charge in [-0.15, -0.1) is 0 Å². The van der Waals surface area contributed by atoms with Crippen molar-refractivity contribution >= 4 is 0 Å². The number of rotatable bonds is 6. The standard InChI is InChI=1S/C16H23NO2/c1-2-10-18-16(3-1)12-19-15-8-4-13(5-9-15)11-17-14-6-7-14/h4-5,8-9,14,16-17H,1-3,6-7,10-12H2. The Bertz CT molecular complexity index is 380. The first-order chi connectivity index (χ1) is 9.40. The van der Waals surface area contributed by atoms with Crippen LogP contribution in [0.15, 0.2) is 24.3 Å². The monoisotopic (exact) mass is 261 g/mol. The van der Waals surface area contributed by atoms with Gasteiger partial charge in [-0.25, -0.2) is 0 Å². The van der Waals surface area contributed by atoms with Crippen LogP contribution in [0.2, 0.25) is 0 Å². The normalized spacial score (nSPS) is 23.3. The molecule has 1 heterocycles. The minimum atomic E-state index is 0.282. The molecule has 1 aromatic carbocycles. The third-order valence-electron chi connectivity index (χ3n) is 3.81. The van der Waals surface area contributed by atoms with Crippen molar-refractivity contribution in [3.8, 4) is 5.75 Å². The van der Waals surface area contributed by atoms with Gasteiger partial charge in [0.15, 0.2) is 0 Å². The molecule has 1 unspecified atom stereocenters. The van der Waals surface area contributed by atoms with Crippen LogP contribution < -0.4 is 10.1 Å². The summed E-state index contributed by atoms with van der Waals surface area (Å²) in [6.45, 7) is 2.54. The lowest BCUT2D eigenvalue weighted by Gasteiger charge is -2.22. The van der Waals surface area contributed by atoms with E-state index in [0.29, 0.717) is 6.61 Å². The average molecular weight is 261 g/mol. The molecule has 1 aromatic rings. The maximum absolute atomic E-state index is 5.79. The predicted octanol–water partition coefficient (Wildman–Crippen LogP) is 2.89. The Morgan fingerprint density at radius 1 is 1.11 bits per heavy atom. The van der Waals surface area contributed by atoms with Gasteiger partial charge in [0.25, 0.3) is 0 Å². The maximum Gasteiger partial charge on any atom is 0.119 e.